The van der Waals surface area contributed by atoms with E-state index in [1.807, 2.05) is 6.92 Å². The van der Waals surface area contributed by atoms with E-state index < -0.39 is 7.60 Å². The van der Waals surface area contributed by atoms with Gasteiger partial charge in [0.2, 0.25) is 0 Å². The van der Waals surface area contributed by atoms with E-state index in [0.717, 1.165) is 5.57 Å². The molecule has 1 atom stereocenters. The summed E-state index contributed by atoms with van der Waals surface area (Å²) in [4.78, 5) is 11.6. The molecule has 0 saturated heterocycles. The fraction of sp³-hybridized carbons (Fsp3) is 0.727. The van der Waals surface area contributed by atoms with Crippen LogP contribution in [0, 0.1) is 0 Å². The van der Waals surface area contributed by atoms with E-state index in [4.69, 9.17) is 9.05 Å². The van der Waals surface area contributed by atoms with Crippen molar-refractivity contribution in [2.45, 2.75) is 39.8 Å². The predicted molar refractivity (Wildman–Crippen MR) is 62.6 cm³/mol. The molecule has 0 saturated carbocycles. The number of ketones is 1. The van der Waals surface area contributed by atoms with Crippen molar-refractivity contribution in [1.82, 2.24) is 0 Å². The van der Waals surface area contributed by atoms with Gasteiger partial charge in [-0.15, -0.1) is 0 Å². The highest BCUT2D eigenvalue weighted by Crippen LogP contribution is 2.58. The predicted octanol–water partition coefficient (Wildman–Crippen LogP) is 2.93. The SMILES string of the molecule is CCOP(=O)(OCC)C1CC(=O)C(C)=C1C. The summed E-state index contributed by atoms with van der Waals surface area (Å²) in [5.41, 5.74) is 1.15. The number of hydrogen-bond acceptors (Lipinski definition) is 4. The summed E-state index contributed by atoms with van der Waals surface area (Å²) < 4.78 is 23.0. The molecule has 0 spiro atoms. The van der Waals surface area contributed by atoms with E-state index in [1.54, 1.807) is 20.8 Å². The van der Waals surface area contributed by atoms with Crippen LogP contribution in [0.1, 0.15) is 34.1 Å². The number of hydrogen-bond donors (Lipinski definition) is 0. The fourth-order valence-corrected chi connectivity index (χ4v) is 4.09. The first-order chi connectivity index (χ1) is 7.46. The monoisotopic (exact) mass is 246 g/mol. The lowest BCUT2D eigenvalue weighted by Gasteiger charge is -2.23. The van der Waals surface area contributed by atoms with Gasteiger partial charge in [-0.05, 0) is 33.3 Å². The minimum atomic E-state index is -3.18. The number of Topliss-reactive ketones (excluding diaryl/α,β-unsaturated/α-hetero) is 1. The summed E-state index contributed by atoms with van der Waals surface area (Å²) in [5.74, 6) is 0.0436. The van der Waals surface area contributed by atoms with Crippen LogP contribution >= 0.6 is 7.60 Å². The van der Waals surface area contributed by atoms with Crippen molar-refractivity contribution in [3.63, 3.8) is 0 Å². The third-order valence-corrected chi connectivity index (χ3v) is 5.46. The van der Waals surface area contributed by atoms with E-state index in [0.29, 0.717) is 18.8 Å². The van der Waals surface area contributed by atoms with Crippen molar-refractivity contribution in [3.05, 3.63) is 11.1 Å². The van der Waals surface area contributed by atoms with Crippen LogP contribution in [0.3, 0.4) is 0 Å². The molecule has 0 bridgehead atoms. The van der Waals surface area contributed by atoms with Gasteiger partial charge in [-0.3, -0.25) is 9.36 Å². The number of allylic oxidation sites excluding steroid dienone is 2. The first kappa shape index (κ1) is 13.6. The zero-order chi connectivity index (χ0) is 12.3. The molecule has 5 heteroatoms. The summed E-state index contributed by atoms with van der Waals surface area (Å²) in [6.07, 6.45) is 0.245. The Kier molecular flexibility index (Phi) is 4.48. The lowest BCUT2D eigenvalue weighted by molar-refractivity contribution is -0.114. The van der Waals surface area contributed by atoms with E-state index in [9.17, 15) is 9.36 Å². The molecule has 1 rings (SSSR count). The van der Waals surface area contributed by atoms with Gasteiger partial charge in [-0.1, -0.05) is 5.57 Å². The topological polar surface area (TPSA) is 52.6 Å². The zero-order valence-electron chi connectivity index (χ0n) is 10.3. The highest BCUT2D eigenvalue weighted by molar-refractivity contribution is 7.55. The molecule has 0 aromatic heterocycles. The average molecular weight is 246 g/mol. The maximum atomic E-state index is 12.5. The van der Waals surface area contributed by atoms with Gasteiger partial charge < -0.3 is 9.05 Å². The number of carbonyl (C=O) groups is 1. The van der Waals surface area contributed by atoms with Crippen LogP contribution in [-0.2, 0) is 18.4 Å². The van der Waals surface area contributed by atoms with Gasteiger partial charge in [0.1, 0.15) is 0 Å². The molecule has 4 nitrogen and oxygen atoms in total. The minimum absolute atomic E-state index is 0.0436. The van der Waals surface area contributed by atoms with Crippen LogP contribution in [0.4, 0.5) is 0 Å². The highest BCUT2D eigenvalue weighted by atomic mass is 31.2. The maximum absolute atomic E-state index is 12.5. The Bertz CT molecular complexity index is 349. The molecule has 0 heterocycles. The molecular weight excluding hydrogens is 227 g/mol. The molecule has 1 aliphatic carbocycles. The first-order valence-corrected chi connectivity index (χ1v) is 7.16. The minimum Gasteiger partial charge on any atom is -0.308 e. The summed E-state index contributed by atoms with van der Waals surface area (Å²) >= 11 is 0. The molecule has 92 valence electrons. The molecule has 0 aliphatic heterocycles. The largest absolute Gasteiger partial charge is 0.338 e. The smallest absolute Gasteiger partial charge is 0.308 e. The standard InChI is InChI=1S/C11H19O4P/c1-5-14-16(13,15-6-2)11-7-10(12)8(3)9(11)4/h11H,5-7H2,1-4H3. The van der Waals surface area contributed by atoms with Gasteiger partial charge in [-0.25, -0.2) is 0 Å². The molecule has 0 aromatic carbocycles. The second-order valence-corrected chi connectivity index (χ2v) is 6.05. The Morgan fingerprint density at radius 1 is 1.25 bits per heavy atom. The van der Waals surface area contributed by atoms with Crippen LogP contribution in [0.15, 0.2) is 11.1 Å². The molecule has 0 aromatic rings. The second kappa shape index (κ2) is 5.26. The quantitative estimate of drug-likeness (QED) is 0.700. The Morgan fingerprint density at radius 3 is 2.06 bits per heavy atom. The molecule has 16 heavy (non-hydrogen) atoms. The molecule has 0 radical (unpaired) electrons. The summed E-state index contributed by atoms with van der Waals surface area (Å²) in [7, 11) is -3.18. The van der Waals surface area contributed by atoms with E-state index >= 15 is 0 Å². The van der Waals surface area contributed by atoms with Gasteiger partial charge in [0.25, 0.3) is 0 Å². The van der Waals surface area contributed by atoms with Gasteiger partial charge in [0.05, 0.1) is 18.9 Å². The van der Waals surface area contributed by atoms with E-state index in [-0.39, 0.29) is 17.9 Å². The van der Waals surface area contributed by atoms with Crippen LogP contribution in [0.25, 0.3) is 0 Å². The van der Waals surface area contributed by atoms with Crippen molar-refractivity contribution in [2.75, 3.05) is 13.2 Å². The lowest BCUT2D eigenvalue weighted by atomic mass is 10.2. The third kappa shape index (κ3) is 2.45. The highest BCUT2D eigenvalue weighted by Gasteiger charge is 2.42. The Hall–Kier alpha value is -0.440. The van der Waals surface area contributed by atoms with Crippen LogP contribution in [0.5, 0.6) is 0 Å². The van der Waals surface area contributed by atoms with E-state index in [2.05, 4.69) is 0 Å². The van der Waals surface area contributed by atoms with Crippen molar-refractivity contribution in [1.29, 1.82) is 0 Å². The summed E-state index contributed by atoms with van der Waals surface area (Å²) in [5, 5.41) is 0. The Morgan fingerprint density at radius 2 is 1.75 bits per heavy atom. The Labute approximate surface area is 96.5 Å². The van der Waals surface area contributed by atoms with Gasteiger partial charge in [0.15, 0.2) is 5.78 Å². The van der Waals surface area contributed by atoms with Gasteiger partial charge >= 0.3 is 7.60 Å². The van der Waals surface area contributed by atoms with Gasteiger partial charge in [-0.2, -0.15) is 0 Å². The van der Waals surface area contributed by atoms with Crippen LogP contribution < -0.4 is 0 Å². The third-order valence-electron chi connectivity index (χ3n) is 2.89. The van der Waals surface area contributed by atoms with Gasteiger partial charge in [0, 0.05) is 6.42 Å². The summed E-state index contributed by atoms with van der Waals surface area (Å²) in [6, 6.07) is 0. The van der Waals surface area contributed by atoms with Crippen molar-refractivity contribution in [3.8, 4) is 0 Å². The zero-order valence-corrected chi connectivity index (χ0v) is 11.2. The molecule has 0 amide bonds. The number of rotatable bonds is 5. The van der Waals surface area contributed by atoms with Crippen LogP contribution in [0.2, 0.25) is 0 Å². The molecular formula is C11H19O4P. The van der Waals surface area contributed by atoms with E-state index in [1.165, 1.54) is 0 Å². The molecule has 0 fully saturated rings. The average Bonchev–Trinajstić information content (AvgIpc) is 2.47. The number of carbonyl (C=O) groups excluding carboxylic acids is 1. The lowest BCUT2D eigenvalue weighted by Crippen LogP contribution is -2.13. The summed E-state index contributed by atoms with van der Waals surface area (Å²) in [6.45, 7) is 7.79. The Balaban J connectivity index is 2.99. The fourth-order valence-electron chi connectivity index (χ4n) is 1.88. The van der Waals surface area contributed by atoms with Crippen molar-refractivity contribution >= 4 is 13.4 Å². The molecule has 1 aliphatic rings. The first-order valence-electron chi connectivity index (χ1n) is 5.55. The van der Waals surface area contributed by atoms with Crippen LogP contribution in [-0.4, -0.2) is 24.7 Å². The second-order valence-electron chi connectivity index (χ2n) is 3.83. The van der Waals surface area contributed by atoms with Crippen molar-refractivity contribution in [2.24, 2.45) is 0 Å². The normalized spacial score (nSPS) is 22.0. The van der Waals surface area contributed by atoms with Crippen molar-refractivity contribution < 1.29 is 18.4 Å². The maximum Gasteiger partial charge on any atom is 0.338 e. The molecule has 1 unspecified atom stereocenters. The molecule has 0 N–H and O–H groups in total.